The monoisotopic (exact) mass is 350 g/mol. The third-order valence-corrected chi connectivity index (χ3v) is 4.14. The molecule has 0 radical (unpaired) electrons. The smallest absolute Gasteiger partial charge is 0.362 e. The van der Waals surface area contributed by atoms with E-state index >= 15 is 0 Å². The number of aryl methyl sites for hydroxylation is 2. The molecule has 26 heavy (non-hydrogen) atoms. The molecule has 4 rings (SSSR count). The highest BCUT2D eigenvalue weighted by Gasteiger charge is 2.17. The zero-order chi connectivity index (χ0) is 18.3. The number of fused-ring (bicyclic) bond motifs is 1. The Morgan fingerprint density at radius 1 is 1.08 bits per heavy atom. The maximum Gasteiger partial charge on any atom is 0.362 e. The molecule has 0 aliphatic rings. The summed E-state index contributed by atoms with van der Waals surface area (Å²) in [6.45, 7) is 0. The second-order valence-corrected chi connectivity index (χ2v) is 5.94. The maximum absolute atomic E-state index is 13.1. The molecule has 0 amide bonds. The van der Waals surface area contributed by atoms with Crippen LogP contribution in [0, 0.1) is 5.82 Å². The summed E-state index contributed by atoms with van der Waals surface area (Å²) in [7, 11) is 3.55. The van der Waals surface area contributed by atoms with Crippen LogP contribution >= 0.6 is 0 Å². The lowest BCUT2D eigenvalue weighted by molar-refractivity contribution is 0.0723. The molecular weight excluding hydrogens is 335 g/mol. The van der Waals surface area contributed by atoms with E-state index in [9.17, 15) is 9.18 Å². The van der Waals surface area contributed by atoms with Gasteiger partial charge in [0.25, 0.3) is 0 Å². The Morgan fingerprint density at radius 2 is 1.85 bits per heavy atom. The maximum atomic E-state index is 13.1. The Kier molecular flexibility index (Phi) is 3.76. The summed E-state index contributed by atoms with van der Waals surface area (Å²) in [5.41, 5.74) is 3.28. The van der Waals surface area contributed by atoms with Gasteiger partial charge in [0.15, 0.2) is 0 Å². The highest BCUT2D eigenvalue weighted by Crippen LogP contribution is 2.22. The second kappa shape index (κ2) is 6.11. The highest BCUT2D eigenvalue weighted by atomic mass is 19.1. The van der Waals surface area contributed by atoms with Crippen LogP contribution in [0.4, 0.5) is 4.39 Å². The van der Waals surface area contributed by atoms with Gasteiger partial charge < -0.3 is 9.30 Å². The molecule has 0 spiro atoms. The lowest BCUT2D eigenvalue weighted by atomic mass is 10.1. The number of benzene rings is 2. The Labute approximate surface area is 148 Å². The number of imidazole rings is 1. The second-order valence-electron chi connectivity index (χ2n) is 5.94. The van der Waals surface area contributed by atoms with Crippen LogP contribution < -0.4 is 4.74 Å². The van der Waals surface area contributed by atoms with Crippen LogP contribution in [0.2, 0.25) is 0 Å². The quantitative estimate of drug-likeness (QED) is 0.420. The number of rotatable bonds is 3. The van der Waals surface area contributed by atoms with Gasteiger partial charge in [-0.3, -0.25) is 4.68 Å². The first-order valence-corrected chi connectivity index (χ1v) is 7.94. The van der Waals surface area contributed by atoms with E-state index in [1.807, 2.05) is 17.7 Å². The molecule has 6 nitrogen and oxygen atoms in total. The van der Waals surface area contributed by atoms with Crippen LogP contribution in [0.25, 0.3) is 22.3 Å². The summed E-state index contributed by atoms with van der Waals surface area (Å²) in [5.74, 6) is -0.441. The fourth-order valence-corrected chi connectivity index (χ4v) is 2.76. The molecule has 0 aliphatic heterocycles. The molecule has 0 N–H and O–H groups in total. The molecule has 0 atom stereocenters. The Bertz CT molecular complexity index is 1110. The number of halogens is 1. The predicted molar refractivity (Wildman–Crippen MR) is 94.3 cm³/mol. The topological polar surface area (TPSA) is 61.9 Å². The van der Waals surface area contributed by atoms with E-state index in [0.717, 1.165) is 16.6 Å². The van der Waals surface area contributed by atoms with Gasteiger partial charge in [0.05, 0.1) is 23.1 Å². The lowest BCUT2D eigenvalue weighted by Crippen LogP contribution is -2.13. The normalized spacial score (nSPS) is 11.0. The van der Waals surface area contributed by atoms with E-state index in [1.165, 1.54) is 16.8 Å². The molecule has 4 aromatic rings. The average Bonchev–Trinajstić information content (AvgIpc) is 3.19. The molecule has 7 heteroatoms. The van der Waals surface area contributed by atoms with Gasteiger partial charge in [0.1, 0.15) is 17.3 Å². The average molecular weight is 350 g/mol. The number of esters is 1. The van der Waals surface area contributed by atoms with Gasteiger partial charge in [0, 0.05) is 25.7 Å². The van der Waals surface area contributed by atoms with Gasteiger partial charge in [-0.2, -0.15) is 5.10 Å². The van der Waals surface area contributed by atoms with Crippen LogP contribution in [-0.2, 0) is 14.1 Å². The molecule has 0 saturated heterocycles. The van der Waals surface area contributed by atoms with E-state index in [-0.39, 0.29) is 5.82 Å². The van der Waals surface area contributed by atoms with Gasteiger partial charge in [-0.15, -0.1) is 0 Å². The van der Waals surface area contributed by atoms with Crippen LogP contribution in [-0.4, -0.2) is 25.3 Å². The third-order valence-electron chi connectivity index (χ3n) is 4.14. The summed E-state index contributed by atoms with van der Waals surface area (Å²) >= 11 is 0. The van der Waals surface area contributed by atoms with Crippen molar-refractivity contribution in [2.75, 3.05) is 0 Å². The largest absolute Gasteiger partial charge is 0.422 e. The molecule has 0 saturated carbocycles. The van der Waals surface area contributed by atoms with E-state index < -0.39 is 5.97 Å². The van der Waals surface area contributed by atoms with Crippen molar-refractivity contribution in [3.8, 4) is 17.0 Å². The molecule has 0 fully saturated rings. The highest BCUT2D eigenvalue weighted by molar-refractivity contribution is 5.91. The first-order chi connectivity index (χ1) is 12.5. The summed E-state index contributed by atoms with van der Waals surface area (Å²) in [6.07, 6.45) is 1.70. The molecule has 0 unspecified atom stereocenters. The number of nitrogens with zero attached hydrogens (tertiary/aromatic N) is 4. The fraction of sp³-hybridized carbons (Fsp3) is 0.105. The first kappa shape index (κ1) is 16.0. The zero-order valence-electron chi connectivity index (χ0n) is 14.2. The summed E-state index contributed by atoms with van der Waals surface area (Å²) in [6, 6.07) is 12.8. The minimum atomic E-state index is -0.524. The number of hydrogen-bond acceptors (Lipinski definition) is 4. The van der Waals surface area contributed by atoms with Crippen molar-refractivity contribution in [2.45, 2.75) is 0 Å². The molecular formula is C19H15FN4O2. The van der Waals surface area contributed by atoms with Gasteiger partial charge >= 0.3 is 5.97 Å². The minimum absolute atomic E-state index is 0.297. The predicted octanol–water partition coefficient (Wildman–Crippen LogP) is 3.33. The summed E-state index contributed by atoms with van der Waals surface area (Å²) < 4.78 is 21.9. The van der Waals surface area contributed by atoms with Gasteiger partial charge in [0.2, 0.25) is 0 Å². The van der Waals surface area contributed by atoms with E-state index in [1.54, 1.807) is 43.7 Å². The summed E-state index contributed by atoms with van der Waals surface area (Å²) in [4.78, 5) is 16.8. The Balaban J connectivity index is 1.60. The molecule has 0 bridgehead atoms. The van der Waals surface area contributed by atoms with E-state index in [2.05, 4.69) is 10.1 Å². The zero-order valence-corrected chi connectivity index (χ0v) is 14.2. The molecule has 2 aromatic heterocycles. The van der Waals surface area contributed by atoms with Crippen molar-refractivity contribution >= 4 is 17.0 Å². The van der Waals surface area contributed by atoms with Crippen LogP contribution in [0.15, 0.2) is 54.9 Å². The molecule has 2 aromatic carbocycles. The van der Waals surface area contributed by atoms with Crippen molar-refractivity contribution in [2.24, 2.45) is 14.1 Å². The van der Waals surface area contributed by atoms with Gasteiger partial charge in [-0.1, -0.05) is 0 Å². The number of aromatic nitrogens is 4. The van der Waals surface area contributed by atoms with Crippen molar-refractivity contribution in [3.63, 3.8) is 0 Å². The van der Waals surface area contributed by atoms with Crippen molar-refractivity contribution < 1.29 is 13.9 Å². The number of carbonyl (C=O) groups is 1. The number of carbonyl (C=O) groups excluding carboxylic acids is 1. The lowest BCUT2D eigenvalue weighted by Gasteiger charge is -2.04. The van der Waals surface area contributed by atoms with Gasteiger partial charge in [-0.05, 0) is 42.5 Å². The van der Waals surface area contributed by atoms with Crippen LogP contribution in [0.3, 0.4) is 0 Å². The number of ether oxygens (including phenoxy) is 1. The van der Waals surface area contributed by atoms with Crippen molar-refractivity contribution in [1.29, 1.82) is 0 Å². The first-order valence-electron chi connectivity index (χ1n) is 7.94. The fourth-order valence-electron chi connectivity index (χ4n) is 2.76. The minimum Gasteiger partial charge on any atom is -0.422 e. The third kappa shape index (κ3) is 2.83. The molecule has 0 aliphatic carbocycles. The van der Waals surface area contributed by atoms with Crippen molar-refractivity contribution in [3.05, 3.63) is 66.4 Å². The van der Waals surface area contributed by atoms with Crippen LogP contribution in [0.1, 0.15) is 10.5 Å². The standard InChI is InChI=1S/C19H15FN4O2/c1-23-11-21-16-9-14(7-8-17(16)23)26-19(25)18-10-15(22-24(18)2)12-3-5-13(20)6-4-12/h3-11H,1-2H3. The molecule has 130 valence electrons. The van der Waals surface area contributed by atoms with Crippen molar-refractivity contribution in [1.82, 2.24) is 19.3 Å². The number of hydrogen-bond donors (Lipinski definition) is 0. The Morgan fingerprint density at radius 3 is 2.62 bits per heavy atom. The van der Waals surface area contributed by atoms with E-state index in [4.69, 9.17) is 4.74 Å². The summed E-state index contributed by atoms with van der Waals surface area (Å²) in [5, 5.41) is 4.30. The SMILES string of the molecule is Cn1nc(-c2ccc(F)cc2)cc1C(=O)Oc1ccc2c(c1)ncn2C. The van der Waals surface area contributed by atoms with E-state index in [0.29, 0.717) is 17.1 Å². The Hall–Kier alpha value is -3.48. The van der Waals surface area contributed by atoms with Crippen LogP contribution in [0.5, 0.6) is 5.75 Å². The molecule has 2 heterocycles. The van der Waals surface area contributed by atoms with Gasteiger partial charge in [-0.25, -0.2) is 14.2 Å².